The number of aryl methyl sites for hydroxylation is 3. The highest BCUT2D eigenvalue weighted by atomic mass is 32.2. The number of hydrogen-bond donors (Lipinski definition) is 1. The Bertz CT molecular complexity index is 1080. The number of nitrogens with zero attached hydrogens (tertiary/aromatic N) is 2. The molecule has 3 rings (SSSR count). The SMILES string of the molecule is C=CCn1c(SCC(=O)NCc2ccc(C)cc2)nc2sc(C)c(C)c2c1=O. The molecule has 7 heteroatoms. The Morgan fingerprint density at radius 1 is 1.29 bits per heavy atom. The molecule has 0 fully saturated rings. The smallest absolute Gasteiger partial charge is 0.263 e. The van der Waals surface area contributed by atoms with E-state index in [9.17, 15) is 9.59 Å². The Morgan fingerprint density at radius 3 is 2.68 bits per heavy atom. The molecular formula is C21H23N3O2S2. The highest BCUT2D eigenvalue weighted by molar-refractivity contribution is 7.99. The molecule has 3 aromatic rings. The van der Waals surface area contributed by atoms with Crippen LogP contribution in [0, 0.1) is 20.8 Å². The minimum atomic E-state index is -0.0939. The predicted molar refractivity (Wildman–Crippen MR) is 117 cm³/mol. The number of hydrogen-bond acceptors (Lipinski definition) is 5. The van der Waals surface area contributed by atoms with Gasteiger partial charge in [0.05, 0.1) is 11.1 Å². The Hall–Kier alpha value is -2.38. The molecule has 5 nitrogen and oxygen atoms in total. The summed E-state index contributed by atoms with van der Waals surface area (Å²) < 4.78 is 1.59. The van der Waals surface area contributed by atoms with Crippen LogP contribution < -0.4 is 10.9 Å². The summed E-state index contributed by atoms with van der Waals surface area (Å²) in [5, 5.41) is 4.12. The Balaban J connectivity index is 1.74. The van der Waals surface area contributed by atoms with Crippen molar-refractivity contribution in [1.29, 1.82) is 0 Å². The van der Waals surface area contributed by atoms with Crippen LogP contribution in [0.5, 0.6) is 0 Å². The van der Waals surface area contributed by atoms with Crippen LogP contribution in [0.15, 0.2) is 46.9 Å². The summed E-state index contributed by atoms with van der Waals surface area (Å²) in [6, 6.07) is 8.05. The number of fused-ring (bicyclic) bond motifs is 1. The summed E-state index contributed by atoms with van der Waals surface area (Å²) in [7, 11) is 0. The third-order valence-corrected chi connectivity index (χ3v) is 6.59. The zero-order valence-electron chi connectivity index (χ0n) is 16.2. The molecule has 28 heavy (non-hydrogen) atoms. The second-order valence-corrected chi connectivity index (χ2v) is 8.76. The van der Waals surface area contributed by atoms with Crippen LogP contribution in [0.1, 0.15) is 21.6 Å². The van der Waals surface area contributed by atoms with Crippen molar-refractivity contribution in [2.75, 3.05) is 5.75 Å². The average Bonchev–Trinajstić information content (AvgIpc) is 2.96. The minimum absolute atomic E-state index is 0.0747. The van der Waals surface area contributed by atoms with E-state index in [0.717, 1.165) is 20.8 Å². The summed E-state index contributed by atoms with van der Waals surface area (Å²) in [5.41, 5.74) is 3.14. The van der Waals surface area contributed by atoms with Crippen molar-refractivity contribution in [2.24, 2.45) is 0 Å². The van der Waals surface area contributed by atoms with Crippen molar-refractivity contribution in [3.63, 3.8) is 0 Å². The fourth-order valence-electron chi connectivity index (χ4n) is 2.80. The Morgan fingerprint density at radius 2 is 2.00 bits per heavy atom. The van der Waals surface area contributed by atoms with Crippen molar-refractivity contribution in [3.05, 3.63) is 68.8 Å². The molecule has 0 aliphatic carbocycles. The molecule has 0 saturated carbocycles. The number of aromatic nitrogens is 2. The average molecular weight is 414 g/mol. The Kier molecular flexibility index (Phi) is 6.36. The third kappa shape index (κ3) is 4.36. The lowest BCUT2D eigenvalue weighted by Gasteiger charge is -2.10. The lowest BCUT2D eigenvalue weighted by atomic mass is 10.1. The van der Waals surface area contributed by atoms with E-state index in [1.165, 1.54) is 28.7 Å². The first kappa shape index (κ1) is 20.4. The van der Waals surface area contributed by atoms with Crippen LogP contribution in [0.2, 0.25) is 0 Å². The first-order chi connectivity index (χ1) is 13.4. The van der Waals surface area contributed by atoms with Crippen molar-refractivity contribution >= 4 is 39.2 Å². The van der Waals surface area contributed by atoms with E-state index in [4.69, 9.17) is 0 Å². The first-order valence-electron chi connectivity index (χ1n) is 8.97. The van der Waals surface area contributed by atoms with Crippen molar-refractivity contribution in [3.8, 4) is 0 Å². The lowest BCUT2D eigenvalue weighted by Crippen LogP contribution is -2.26. The van der Waals surface area contributed by atoms with Gasteiger partial charge in [-0.3, -0.25) is 14.2 Å². The topological polar surface area (TPSA) is 64.0 Å². The third-order valence-electron chi connectivity index (χ3n) is 4.51. The van der Waals surface area contributed by atoms with Crippen LogP contribution in [0.4, 0.5) is 0 Å². The zero-order valence-corrected chi connectivity index (χ0v) is 17.9. The van der Waals surface area contributed by atoms with Gasteiger partial charge in [0.1, 0.15) is 4.83 Å². The van der Waals surface area contributed by atoms with E-state index in [0.29, 0.717) is 23.6 Å². The normalized spacial score (nSPS) is 11.0. The number of carbonyl (C=O) groups is 1. The molecule has 2 aromatic heterocycles. The van der Waals surface area contributed by atoms with Gasteiger partial charge in [-0.15, -0.1) is 17.9 Å². The fourth-order valence-corrected chi connectivity index (χ4v) is 4.71. The fraction of sp³-hybridized carbons (Fsp3) is 0.286. The van der Waals surface area contributed by atoms with Crippen molar-refractivity contribution in [2.45, 2.75) is 39.0 Å². The maximum Gasteiger partial charge on any atom is 0.263 e. The van der Waals surface area contributed by atoms with E-state index >= 15 is 0 Å². The van der Waals surface area contributed by atoms with Crippen molar-refractivity contribution in [1.82, 2.24) is 14.9 Å². The minimum Gasteiger partial charge on any atom is -0.351 e. The molecule has 0 bridgehead atoms. The van der Waals surface area contributed by atoms with E-state index in [-0.39, 0.29) is 17.2 Å². The molecule has 0 aliphatic heterocycles. The van der Waals surface area contributed by atoms with Crippen LogP contribution >= 0.6 is 23.1 Å². The number of rotatable bonds is 7. The molecule has 1 amide bonds. The molecule has 146 valence electrons. The zero-order chi connectivity index (χ0) is 20.3. The first-order valence-corrected chi connectivity index (χ1v) is 10.8. The molecule has 0 unspecified atom stereocenters. The molecular weight excluding hydrogens is 390 g/mol. The monoisotopic (exact) mass is 413 g/mol. The van der Waals surface area contributed by atoms with Crippen LogP contribution in [-0.4, -0.2) is 21.2 Å². The van der Waals surface area contributed by atoms with Crippen LogP contribution in [-0.2, 0) is 17.9 Å². The van der Waals surface area contributed by atoms with E-state index < -0.39 is 0 Å². The van der Waals surface area contributed by atoms with E-state index in [1.807, 2.05) is 45.0 Å². The van der Waals surface area contributed by atoms with E-state index in [1.54, 1.807) is 10.6 Å². The molecule has 0 radical (unpaired) electrons. The number of allylic oxidation sites excluding steroid dienone is 1. The van der Waals surface area contributed by atoms with Gasteiger partial charge in [-0.1, -0.05) is 47.7 Å². The maximum atomic E-state index is 12.9. The molecule has 0 aliphatic rings. The van der Waals surface area contributed by atoms with Crippen LogP contribution in [0.3, 0.4) is 0 Å². The van der Waals surface area contributed by atoms with Gasteiger partial charge in [-0.05, 0) is 31.9 Å². The molecule has 0 atom stereocenters. The standard InChI is InChI=1S/C21H23N3O2S2/c1-5-10-24-20(26)18-14(3)15(4)28-19(18)23-21(24)27-12-17(25)22-11-16-8-6-13(2)7-9-16/h5-9H,1,10-12H2,2-4H3,(H,22,25). The molecule has 0 saturated heterocycles. The second-order valence-electron chi connectivity index (χ2n) is 6.61. The quantitative estimate of drug-likeness (QED) is 0.362. The van der Waals surface area contributed by atoms with Gasteiger partial charge in [-0.2, -0.15) is 0 Å². The largest absolute Gasteiger partial charge is 0.351 e. The van der Waals surface area contributed by atoms with Gasteiger partial charge in [0.25, 0.3) is 5.56 Å². The van der Waals surface area contributed by atoms with Gasteiger partial charge in [0, 0.05) is 18.0 Å². The number of benzene rings is 1. The second kappa shape index (κ2) is 8.75. The number of nitrogens with one attached hydrogen (secondary N) is 1. The molecule has 2 heterocycles. The summed E-state index contributed by atoms with van der Waals surface area (Å²) in [6.07, 6.45) is 1.67. The highest BCUT2D eigenvalue weighted by Gasteiger charge is 2.17. The van der Waals surface area contributed by atoms with Crippen molar-refractivity contribution < 1.29 is 4.79 Å². The van der Waals surface area contributed by atoms with Crippen LogP contribution in [0.25, 0.3) is 10.2 Å². The maximum absolute atomic E-state index is 12.9. The summed E-state index contributed by atoms with van der Waals surface area (Å²) in [4.78, 5) is 31.7. The van der Waals surface area contributed by atoms with E-state index in [2.05, 4.69) is 16.9 Å². The number of thiophene rings is 1. The molecule has 1 aromatic carbocycles. The number of carbonyl (C=O) groups excluding carboxylic acids is 1. The molecule has 1 N–H and O–H groups in total. The molecule has 0 spiro atoms. The highest BCUT2D eigenvalue weighted by Crippen LogP contribution is 2.28. The summed E-state index contributed by atoms with van der Waals surface area (Å²) in [5.74, 6) is 0.105. The predicted octanol–water partition coefficient (Wildman–Crippen LogP) is 3.98. The number of thioether (sulfide) groups is 1. The number of amides is 1. The summed E-state index contributed by atoms with van der Waals surface area (Å²) in [6.45, 7) is 10.5. The van der Waals surface area contributed by atoms with Gasteiger partial charge in [0.2, 0.25) is 5.91 Å². The van der Waals surface area contributed by atoms with Gasteiger partial charge >= 0.3 is 0 Å². The summed E-state index contributed by atoms with van der Waals surface area (Å²) >= 11 is 2.79. The van der Waals surface area contributed by atoms with Gasteiger partial charge < -0.3 is 5.32 Å². The lowest BCUT2D eigenvalue weighted by molar-refractivity contribution is -0.118. The van der Waals surface area contributed by atoms with Gasteiger partial charge in [0.15, 0.2) is 5.16 Å². The Labute approximate surface area is 172 Å². The van der Waals surface area contributed by atoms with Gasteiger partial charge in [-0.25, -0.2) is 4.98 Å².